The monoisotopic (exact) mass is 228 g/mol. The van der Waals surface area contributed by atoms with E-state index < -0.39 is 5.60 Å². The molecule has 0 aromatic heterocycles. The molecule has 0 aromatic carbocycles. The molecule has 0 bridgehead atoms. The Kier molecular flexibility index (Phi) is 4.19. The van der Waals surface area contributed by atoms with Gasteiger partial charge in [0.1, 0.15) is 5.60 Å². The molecule has 1 atom stereocenters. The van der Waals surface area contributed by atoms with Crippen LogP contribution >= 0.6 is 0 Å². The maximum atomic E-state index is 11.8. The van der Waals surface area contributed by atoms with Gasteiger partial charge in [-0.15, -0.1) is 0 Å². The molecule has 1 fully saturated rings. The van der Waals surface area contributed by atoms with Crippen LogP contribution in [-0.2, 0) is 4.74 Å². The predicted octanol–water partition coefficient (Wildman–Crippen LogP) is 1.98. The van der Waals surface area contributed by atoms with Gasteiger partial charge in [0.2, 0.25) is 0 Å². The molecule has 1 saturated carbocycles. The van der Waals surface area contributed by atoms with Crippen molar-refractivity contribution in [2.45, 2.75) is 51.7 Å². The average molecular weight is 228 g/mol. The van der Waals surface area contributed by atoms with E-state index in [2.05, 4.69) is 0 Å². The van der Waals surface area contributed by atoms with Gasteiger partial charge in [0, 0.05) is 19.6 Å². The van der Waals surface area contributed by atoms with E-state index in [1.165, 1.54) is 12.8 Å². The van der Waals surface area contributed by atoms with Crippen LogP contribution in [0.15, 0.2) is 0 Å². The van der Waals surface area contributed by atoms with Crippen LogP contribution in [0.5, 0.6) is 0 Å². The van der Waals surface area contributed by atoms with Crippen LogP contribution in [-0.4, -0.2) is 36.2 Å². The maximum absolute atomic E-state index is 11.8. The van der Waals surface area contributed by atoms with E-state index in [4.69, 9.17) is 10.5 Å². The van der Waals surface area contributed by atoms with Crippen LogP contribution in [0.1, 0.15) is 40.0 Å². The molecule has 1 rings (SSSR count). The van der Waals surface area contributed by atoms with E-state index in [-0.39, 0.29) is 12.1 Å². The highest BCUT2D eigenvalue weighted by molar-refractivity contribution is 5.68. The average Bonchev–Trinajstić information content (AvgIpc) is 2.93. The number of likely N-dealkylation sites (N-methyl/N-ethyl adjacent to an activating group) is 1. The van der Waals surface area contributed by atoms with E-state index >= 15 is 0 Å². The van der Waals surface area contributed by atoms with Gasteiger partial charge in [-0.1, -0.05) is 12.8 Å². The summed E-state index contributed by atoms with van der Waals surface area (Å²) in [5.74, 6) is 0.762. The molecular weight excluding hydrogens is 204 g/mol. The zero-order valence-corrected chi connectivity index (χ0v) is 10.8. The minimum atomic E-state index is -0.440. The number of amides is 1. The van der Waals surface area contributed by atoms with Crippen molar-refractivity contribution < 1.29 is 9.53 Å². The number of carbonyl (C=O) groups is 1. The quantitative estimate of drug-likeness (QED) is 0.800. The first kappa shape index (κ1) is 13.3. The Hall–Kier alpha value is -0.770. The van der Waals surface area contributed by atoms with Gasteiger partial charge < -0.3 is 15.4 Å². The van der Waals surface area contributed by atoms with Crippen molar-refractivity contribution in [2.24, 2.45) is 11.7 Å². The normalized spacial score (nSPS) is 18.1. The molecule has 0 radical (unpaired) electrons. The molecule has 1 amide bonds. The number of nitrogens with zero attached hydrogens (tertiary/aromatic N) is 1. The Balaban J connectivity index is 2.45. The van der Waals surface area contributed by atoms with Gasteiger partial charge in [-0.3, -0.25) is 0 Å². The zero-order valence-electron chi connectivity index (χ0n) is 10.8. The lowest BCUT2D eigenvalue weighted by molar-refractivity contribution is 0.0217. The smallest absolute Gasteiger partial charge is 0.410 e. The lowest BCUT2D eigenvalue weighted by Crippen LogP contribution is -2.44. The first-order chi connectivity index (χ1) is 7.33. The number of nitrogens with two attached hydrogens (primary N) is 1. The SMILES string of the molecule is CN(C(=O)OC(C)(C)C)[C@@H](CN)CC1CC1. The topological polar surface area (TPSA) is 55.6 Å². The molecule has 0 saturated heterocycles. The minimum Gasteiger partial charge on any atom is -0.444 e. The van der Waals surface area contributed by atoms with Crippen LogP contribution in [0, 0.1) is 5.92 Å². The maximum Gasteiger partial charge on any atom is 0.410 e. The van der Waals surface area contributed by atoms with Gasteiger partial charge in [-0.2, -0.15) is 0 Å². The molecule has 16 heavy (non-hydrogen) atoms. The lowest BCUT2D eigenvalue weighted by atomic mass is 10.1. The largest absolute Gasteiger partial charge is 0.444 e. The highest BCUT2D eigenvalue weighted by Gasteiger charge is 2.30. The van der Waals surface area contributed by atoms with Gasteiger partial charge in [0.15, 0.2) is 0 Å². The molecule has 0 unspecified atom stereocenters. The summed E-state index contributed by atoms with van der Waals surface area (Å²) in [6.45, 7) is 6.12. The second-order valence-electron chi connectivity index (χ2n) is 5.66. The number of rotatable bonds is 4. The fourth-order valence-corrected chi connectivity index (χ4v) is 1.63. The number of ether oxygens (including phenoxy) is 1. The van der Waals surface area contributed by atoms with Crippen molar-refractivity contribution in [3.8, 4) is 0 Å². The Labute approximate surface area is 98.1 Å². The van der Waals surface area contributed by atoms with E-state index in [1.807, 2.05) is 20.8 Å². The summed E-state index contributed by atoms with van der Waals surface area (Å²) in [7, 11) is 1.77. The fraction of sp³-hybridized carbons (Fsp3) is 0.917. The Morgan fingerprint density at radius 3 is 2.44 bits per heavy atom. The number of hydrogen-bond donors (Lipinski definition) is 1. The van der Waals surface area contributed by atoms with E-state index in [0.717, 1.165) is 12.3 Å². The second-order valence-corrected chi connectivity index (χ2v) is 5.66. The minimum absolute atomic E-state index is 0.113. The summed E-state index contributed by atoms with van der Waals surface area (Å²) < 4.78 is 5.32. The third-order valence-electron chi connectivity index (χ3n) is 2.80. The van der Waals surface area contributed by atoms with Gasteiger partial charge in [-0.25, -0.2) is 4.79 Å². The van der Waals surface area contributed by atoms with Crippen molar-refractivity contribution in [3.05, 3.63) is 0 Å². The molecule has 94 valence electrons. The first-order valence-corrected chi connectivity index (χ1v) is 5.99. The molecule has 4 heteroatoms. The number of hydrogen-bond acceptors (Lipinski definition) is 3. The Morgan fingerprint density at radius 1 is 1.50 bits per heavy atom. The standard InChI is InChI=1S/C12H24N2O2/c1-12(2,3)16-11(15)14(4)10(8-13)7-9-5-6-9/h9-10H,5-8,13H2,1-4H3/t10-/m1/s1. The molecule has 2 N–H and O–H groups in total. The summed E-state index contributed by atoms with van der Waals surface area (Å²) in [6.07, 6.45) is 3.28. The second kappa shape index (κ2) is 5.04. The van der Waals surface area contributed by atoms with Crippen LogP contribution in [0.25, 0.3) is 0 Å². The molecule has 0 aliphatic heterocycles. The molecule has 0 spiro atoms. The molecule has 0 heterocycles. The molecular formula is C12H24N2O2. The summed E-state index contributed by atoms with van der Waals surface area (Å²) in [6, 6.07) is 0.113. The van der Waals surface area contributed by atoms with Gasteiger partial charge >= 0.3 is 6.09 Å². The first-order valence-electron chi connectivity index (χ1n) is 5.99. The van der Waals surface area contributed by atoms with Crippen molar-refractivity contribution in [2.75, 3.05) is 13.6 Å². The molecule has 1 aliphatic carbocycles. The van der Waals surface area contributed by atoms with Gasteiger partial charge in [0.25, 0.3) is 0 Å². The van der Waals surface area contributed by atoms with Crippen LogP contribution in [0.3, 0.4) is 0 Å². The van der Waals surface area contributed by atoms with Gasteiger partial charge in [-0.05, 0) is 33.1 Å². The third kappa shape index (κ3) is 4.39. The lowest BCUT2D eigenvalue weighted by Gasteiger charge is -2.30. The molecule has 1 aliphatic rings. The molecule has 0 aromatic rings. The van der Waals surface area contributed by atoms with Crippen LogP contribution in [0.2, 0.25) is 0 Å². The van der Waals surface area contributed by atoms with Crippen molar-refractivity contribution >= 4 is 6.09 Å². The summed E-state index contributed by atoms with van der Waals surface area (Å²) in [4.78, 5) is 13.5. The van der Waals surface area contributed by atoms with Crippen molar-refractivity contribution in [1.29, 1.82) is 0 Å². The van der Waals surface area contributed by atoms with Crippen LogP contribution < -0.4 is 5.73 Å². The predicted molar refractivity (Wildman–Crippen MR) is 64.2 cm³/mol. The zero-order chi connectivity index (χ0) is 12.3. The molecule has 4 nitrogen and oxygen atoms in total. The Morgan fingerprint density at radius 2 is 2.06 bits per heavy atom. The summed E-state index contributed by atoms with van der Waals surface area (Å²) in [5, 5.41) is 0. The van der Waals surface area contributed by atoms with Crippen LogP contribution in [0.4, 0.5) is 4.79 Å². The van der Waals surface area contributed by atoms with Gasteiger partial charge in [0.05, 0.1) is 0 Å². The fourth-order valence-electron chi connectivity index (χ4n) is 1.63. The van der Waals surface area contributed by atoms with Crippen molar-refractivity contribution in [1.82, 2.24) is 4.90 Å². The number of carbonyl (C=O) groups excluding carboxylic acids is 1. The van der Waals surface area contributed by atoms with Crippen molar-refractivity contribution in [3.63, 3.8) is 0 Å². The van der Waals surface area contributed by atoms with E-state index in [9.17, 15) is 4.79 Å². The summed E-state index contributed by atoms with van der Waals surface area (Å²) >= 11 is 0. The van der Waals surface area contributed by atoms with E-state index in [1.54, 1.807) is 11.9 Å². The highest BCUT2D eigenvalue weighted by atomic mass is 16.6. The highest BCUT2D eigenvalue weighted by Crippen LogP contribution is 2.34. The Bertz CT molecular complexity index is 244. The van der Waals surface area contributed by atoms with E-state index in [0.29, 0.717) is 6.54 Å². The summed E-state index contributed by atoms with van der Waals surface area (Å²) in [5.41, 5.74) is 5.26. The third-order valence-corrected chi connectivity index (χ3v) is 2.80.